The Morgan fingerprint density at radius 3 is 2.68 bits per heavy atom. The van der Waals surface area contributed by atoms with E-state index in [4.69, 9.17) is 4.74 Å². The summed E-state index contributed by atoms with van der Waals surface area (Å²) in [5, 5.41) is 18.3. The Balaban J connectivity index is 0.00000480. The zero-order chi connectivity index (χ0) is 22.0. The molecule has 1 unspecified atom stereocenters. The van der Waals surface area contributed by atoms with Crippen LogP contribution in [0.25, 0.3) is 0 Å². The number of alkyl carbamates (subject to hydrolysis) is 1. The van der Waals surface area contributed by atoms with Crippen molar-refractivity contribution in [1.29, 1.82) is 0 Å². The van der Waals surface area contributed by atoms with Crippen molar-refractivity contribution in [2.45, 2.75) is 97.4 Å². The molecule has 0 bridgehead atoms. The molecular weight excluding hydrogens is 509 g/mol. The third kappa shape index (κ3) is 10.0. The van der Waals surface area contributed by atoms with E-state index in [0.717, 1.165) is 43.9 Å². The van der Waals surface area contributed by atoms with Gasteiger partial charge in [0.1, 0.15) is 11.4 Å². The number of nitrogens with zero attached hydrogens (tertiary/aromatic N) is 4. The molecule has 1 aliphatic heterocycles. The van der Waals surface area contributed by atoms with Crippen LogP contribution in [0.5, 0.6) is 0 Å². The van der Waals surface area contributed by atoms with Crippen molar-refractivity contribution >= 4 is 36.0 Å². The minimum atomic E-state index is -0.510. The van der Waals surface area contributed by atoms with E-state index < -0.39 is 11.7 Å². The highest BCUT2D eigenvalue weighted by atomic mass is 127. The molecule has 1 amide bonds. The molecule has 178 valence electrons. The number of nitrogens with one attached hydrogen (secondary N) is 3. The molecule has 2 rings (SSSR count). The fourth-order valence-electron chi connectivity index (χ4n) is 3.42. The van der Waals surface area contributed by atoms with Crippen LogP contribution in [0.15, 0.2) is 4.99 Å². The highest BCUT2D eigenvalue weighted by Gasteiger charge is 2.19. The minimum absolute atomic E-state index is 0. The van der Waals surface area contributed by atoms with Crippen molar-refractivity contribution in [1.82, 2.24) is 30.7 Å². The van der Waals surface area contributed by atoms with Gasteiger partial charge in [-0.1, -0.05) is 26.2 Å². The molecule has 0 aliphatic carbocycles. The lowest BCUT2D eigenvalue weighted by atomic mass is 10.1. The van der Waals surface area contributed by atoms with E-state index in [9.17, 15) is 4.79 Å². The number of hydrogen-bond acceptors (Lipinski definition) is 5. The number of aromatic nitrogens is 3. The van der Waals surface area contributed by atoms with Gasteiger partial charge in [0.25, 0.3) is 0 Å². The van der Waals surface area contributed by atoms with Gasteiger partial charge in [-0.25, -0.2) is 4.79 Å². The zero-order valence-corrected chi connectivity index (χ0v) is 22.0. The van der Waals surface area contributed by atoms with E-state index in [1.807, 2.05) is 20.8 Å². The number of aryl methyl sites for hydroxylation is 1. The van der Waals surface area contributed by atoms with Crippen LogP contribution in [0.3, 0.4) is 0 Å². The number of halogens is 1. The minimum Gasteiger partial charge on any atom is -0.444 e. The summed E-state index contributed by atoms with van der Waals surface area (Å²) in [7, 11) is 1.75. The molecule has 10 heteroatoms. The van der Waals surface area contributed by atoms with E-state index in [0.29, 0.717) is 19.0 Å². The van der Waals surface area contributed by atoms with E-state index >= 15 is 0 Å². The summed E-state index contributed by atoms with van der Waals surface area (Å²) in [6, 6.07) is 0.0548. The van der Waals surface area contributed by atoms with Crippen LogP contribution >= 0.6 is 24.0 Å². The first-order valence-electron chi connectivity index (χ1n) is 11.2. The highest BCUT2D eigenvalue weighted by molar-refractivity contribution is 14.0. The van der Waals surface area contributed by atoms with Gasteiger partial charge in [-0.2, -0.15) is 0 Å². The van der Waals surface area contributed by atoms with Crippen LogP contribution in [0.2, 0.25) is 0 Å². The maximum absolute atomic E-state index is 12.0. The van der Waals surface area contributed by atoms with E-state index in [2.05, 4.69) is 42.6 Å². The molecule has 0 saturated carbocycles. The van der Waals surface area contributed by atoms with Gasteiger partial charge < -0.3 is 25.3 Å². The van der Waals surface area contributed by atoms with Crippen LogP contribution in [0.1, 0.15) is 77.9 Å². The molecular formula is C21H40IN7O2. The molecule has 31 heavy (non-hydrogen) atoms. The average molecular weight is 550 g/mol. The molecule has 1 aromatic heterocycles. The van der Waals surface area contributed by atoms with Crippen LogP contribution in [-0.2, 0) is 24.2 Å². The number of hydrogen-bond donors (Lipinski definition) is 3. The lowest BCUT2D eigenvalue weighted by Crippen LogP contribution is -2.49. The van der Waals surface area contributed by atoms with Gasteiger partial charge in [0, 0.05) is 32.6 Å². The molecule has 0 radical (unpaired) electrons. The number of carbonyl (C=O) groups excluding carboxylic acids is 1. The Hall–Kier alpha value is -1.59. The number of unbranched alkanes of at least 4 members (excludes halogenated alkanes) is 1. The van der Waals surface area contributed by atoms with Crippen molar-refractivity contribution in [3.63, 3.8) is 0 Å². The van der Waals surface area contributed by atoms with Crippen LogP contribution in [0.4, 0.5) is 4.79 Å². The largest absolute Gasteiger partial charge is 0.444 e. The Morgan fingerprint density at radius 1 is 1.23 bits per heavy atom. The Morgan fingerprint density at radius 2 is 2.00 bits per heavy atom. The standard InChI is InChI=1S/C21H39N7O2.HI/c1-6-7-11-16(14-24-20(29)30-21(2,3)4)25-19(22-5)23-15-18-27-26-17-12-9-8-10-13-28(17)18;/h16H,6-15H2,1-5H3,(H,24,29)(H2,22,23,25);1H. The van der Waals surface area contributed by atoms with Gasteiger partial charge in [-0.15, -0.1) is 34.2 Å². The molecule has 1 aromatic rings. The number of ether oxygens (including phenoxy) is 1. The summed E-state index contributed by atoms with van der Waals surface area (Å²) in [6.07, 6.45) is 7.25. The normalized spacial score (nSPS) is 15.2. The fourth-order valence-corrected chi connectivity index (χ4v) is 3.42. The first-order chi connectivity index (χ1) is 14.3. The number of aliphatic imine (C=N–C) groups is 1. The van der Waals surface area contributed by atoms with Crippen LogP contribution in [0, 0.1) is 0 Å². The molecule has 2 heterocycles. The third-order valence-electron chi connectivity index (χ3n) is 4.96. The quantitative estimate of drug-likeness (QED) is 0.261. The molecule has 0 aromatic carbocycles. The lowest BCUT2D eigenvalue weighted by molar-refractivity contribution is 0.0523. The Bertz CT molecular complexity index is 700. The van der Waals surface area contributed by atoms with Gasteiger partial charge >= 0.3 is 6.09 Å². The van der Waals surface area contributed by atoms with Crippen molar-refractivity contribution in [2.75, 3.05) is 13.6 Å². The van der Waals surface area contributed by atoms with Gasteiger partial charge in [0.05, 0.1) is 6.54 Å². The molecule has 0 fully saturated rings. The monoisotopic (exact) mass is 549 g/mol. The van der Waals surface area contributed by atoms with Gasteiger partial charge in [-0.05, 0) is 40.0 Å². The summed E-state index contributed by atoms with van der Waals surface area (Å²) >= 11 is 0. The van der Waals surface area contributed by atoms with Gasteiger partial charge in [0.15, 0.2) is 11.8 Å². The molecule has 0 saturated heterocycles. The van der Waals surface area contributed by atoms with E-state index in [1.54, 1.807) is 7.05 Å². The van der Waals surface area contributed by atoms with Gasteiger partial charge in [-0.3, -0.25) is 4.99 Å². The Labute approximate surface area is 203 Å². The SMILES string of the molecule is CCCCC(CNC(=O)OC(C)(C)C)NC(=NC)NCc1nnc2n1CCCCC2.I. The molecule has 9 nitrogen and oxygen atoms in total. The van der Waals surface area contributed by atoms with Gasteiger partial charge in [0.2, 0.25) is 0 Å². The van der Waals surface area contributed by atoms with Crippen molar-refractivity contribution in [3.8, 4) is 0 Å². The van der Waals surface area contributed by atoms with E-state index in [1.165, 1.54) is 19.3 Å². The molecule has 3 N–H and O–H groups in total. The first-order valence-corrected chi connectivity index (χ1v) is 11.2. The third-order valence-corrected chi connectivity index (χ3v) is 4.96. The second kappa shape index (κ2) is 13.7. The van der Waals surface area contributed by atoms with Crippen molar-refractivity contribution < 1.29 is 9.53 Å². The number of fused-ring (bicyclic) bond motifs is 1. The first kappa shape index (κ1) is 27.4. The summed E-state index contributed by atoms with van der Waals surface area (Å²) in [5.41, 5.74) is -0.510. The smallest absolute Gasteiger partial charge is 0.407 e. The number of carbonyl (C=O) groups is 1. The van der Waals surface area contributed by atoms with Crippen LogP contribution in [-0.4, -0.2) is 52.1 Å². The maximum Gasteiger partial charge on any atom is 0.407 e. The van der Waals surface area contributed by atoms with Crippen molar-refractivity contribution in [3.05, 3.63) is 11.6 Å². The zero-order valence-electron chi connectivity index (χ0n) is 19.7. The second-order valence-electron chi connectivity index (χ2n) is 8.79. The number of rotatable bonds is 8. The predicted octanol–water partition coefficient (Wildman–Crippen LogP) is 3.37. The summed E-state index contributed by atoms with van der Waals surface area (Å²) < 4.78 is 7.57. The topological polar surface area (TPSA) is 105 Å². The van der Waals surface area contributed by atoms with Crippen LogP contribution < -0.4 is 16.0 Å². The highest BCUT2D eigenvalue weighted by Crippen LogP contribution is 2.14. The number of guanidine groups is 1. The Kier molecular flexibility index (Phi) is 12.2. The maximum atomic E-state index is 12.0. The molecule has 0 spiro atoms. The summed E-state index contributed by atoms with van der Waals surface area (Å²) in [5.74, 6) is 2.70. The molecule has 1 aliphatic rings. The second-order valence-corrected chi connectivity index (χ2v) is 8.79. The van der Waals surface area contributed by atoms with Crippen molar-refractivity contribution in [2.24, 2.45) is 4.99 Å². The lowest BCUT2D eigenvalue weighted by Gasteiger charge is -2.24. The molecule has 1 atom stereocenters. The number of amides is 1. The summed E-state index contributed by atoms with van der Waals surface area (Å²) in [4.78, 5) is 16.4. The van der Waals surface area contributed by atoms with E-state index in [-0.39, 0.29) is 30.0 Å². The summed E-state index contributed by atoms with van der Waals surface area (Å²) in [6.45, 7) is 9.73. The fraction of sp³-hybridized carbons (Fsp3) is 0.810. The predicted molar refractivity (Wildman–Crippen MR) is 134 cm³/mol. The average Bonchev–Trinajstić information content (AvgIpc) is 2.91.